The van der Waals surface area contributed by atoms with Gasteiger partial charge in [-0.05, 0) is 17.2 Å². The second-order valence-electron chi connectivity index (χ2n) is 7.65. The molecule has 2 aromatic rings. The van der Waals surface area contributed by atoms with Gasteiger partial charge in [0.2, 0.25) is 5.56 Å². The lowest BCUT2D eigenvalue weighted by Crippen LogP contribution is -2.56. The van der Waals surface area contributed by atoms with Crippen LogP contribution in [0.25, 0.3) is 0 Å². The van der Waals surface area contributed by atoms with Crippen molar-refractivity contribution in [1.82, 2.24) is 14.8 Å². The van der Waals surface area contributed by atoms with E-state index in [4.69, 9.17) is 0 Å². The first-order valence-electron chi connectivity index (χ1n) is 8.77. The molecule has 1 atom stereocenters. The Morgan fingerprint density at radius 2 is 1.96 bits per heavy atom. The number of nitrogens with one attached hydrogen (secondary N) is 1. The Labute approximate surface area is 147 Å². The molecule has 0 bridgehead atoms. The first-order valence-corrected chi connectivity index (χ1v) is 8.77. The van der Waals surface area contributed by atoms with Crippen molar-refractivity contribution >= 4 is 5.91 Å². The SMILES string of the molecule is CC1(C)CN2CCN(C(=O)c3ccc(=O)[nH]c3)CC2c2ccccc21. The van der Waals surface area contributed by atoms with Crippen LogP contribution < -0.4 is 5.56 Å². The molecule has 5 heteroatoms. The van der Waals surface area contributed by atoms with Crippen molar-refractivity contribution < 1.29 is 4.79 Å². The summed E-state index contributed by atoms with van der Waals surface area (Å²) in [4.78, 5) is 31.0. The van der Waals surface area contributed by atoms with Gasteiger partial charge >= 0.3 is 0 Å². The fourth-order valence-corrected chi connectivity index (χ4v) is 4.21. The van der Waals surface area contributed by atoms with Crippen LogP contribution >= 0.6 is 0 Å². The lowest BCUT2D eigenvalue weighted by Gasteiger charge is -2.50. The van der Waals surface area contributed by atoms with E-state index in [0.29, 0.717) is 18.7 Å². The summed E-state index contributed by atoms with van der Waals surface area (Å²) in [5.41, 5.74) is 3.19. The number of aromatic nitrogens is 1. The number of nitrogens with zero attached hydrogens (tertiary/aromatic N) is 2. The monoisotopic (exact) mass is 337 g/mol. The van der Waals surface area contributed by atoms with Crippen LogP contribution in [0.3, 0.4) is 0 Å². The lowest BCUT2D eigenvalue weighted by atomic mass is 9.75. The highest BCUT2D eigenvalue weighted by Gasteiger charge is 2.40. The second kappa shape index (κ2) is 5.85. The van der Waals surface area contributed by atoms with E-state index in [1.165, 1.54) is 23.4 Å². The molecular formula is C20H23N3O2. The largest absolute Gasteiger partial charge is 0.335 e. The van der Waals surface area contributed by atoms with Gasteiger partial charge in [0.05, 0.1) is 11.6 Å². The lowest BCUT2D eigenvalue weighted by molar-refractivity contribution is 0.0359. The summed E-state index contributed by atoms with van der Waals surface area (Å²) in [5.74, 6) is -0.0155. The molecule has 0 aliphatic carbocycles. The van der Waals surface area contributed by atoms with Crippen molar-refractivity contribution in [3.63, 3.8) is 0 Å². The normalized spacial score (nSPS) is 22.2. The average Bonchev–Trinajstić information content (AvgIpc) is 2.61. The minimum atomic E-state index is -0.190. The number of amides is 1. The van der Waals surface area contributed by atoms with Gasteiger partial charge in [-0.1, -0.05) is 38.1 Å². The van der Waals surface area contributed by atoms with Crippen LogP contribution in [-0.2, 0) is 5.41 Å². The van der Waals surface area contributed by atoms with E-state index >= 15 is 0 Å². The smallest absolute Gasteiger partial charge is 0.255 e. The third kappa shape index (κ3) is 2.78. The minimum absolute atomic E-state index is 0.0155. The zero-order chi connectivity index (χ0) is 17.6. The van der Waals surface area contributed by atoms with Gasteiger partial charge in [0, 0.05) is 43.9 Å². The maximum atomic E-state index is 12.8. The van der Waals surface area contributed by atoms with Gasteiger partial charge in [-0.3, -0.25) is 14.5 Å². The molecule has 5 nitrogen and oxygen atoms in total. The number of piperazine rings is 1. The van der Waals surface area contributed by atoms with Gasteiger partial charge in [-0.15, -0.1) is 0 Å². The number of carbonyl (C=O) groups is 1. The number of aromatic amines is 1. The first kappa shape index (κ1) is 16.1. The molecule has 0 spiro atoms. The Morgan fingerprint density at radius 3 is 2.72 bits per heavy atom. The molecule has 1 fully saturated rings. The van der Waals surface area contributed by atoms with Crippen molar-refractivity contribution in [1.29, 1.82) is 0 Å². The van der Waals surface area contributed by atoms with E-state index in [1.54, 1.807) is 6.07 Å². The topological polar surface area (TPSA) is 56.4 Å². The van der Waals surface area contributed by atoms with Crippen LogP contribution in [-0.4, -0.2) is 46.9 Å². The molecule has 1 N–H and O–H groups in total. The van der Waals surface area contributed by atoms with E-state index < -0.39 is 0 Å². The third-order valence-electron chi connectivity index (χ3n) is 5.46. The standard InChI is InChI=1S/C20H23N3O2/c1-20(2)13-23-10-9-22(19(25)14-7-8-18(24)21-11-14)12-17(23)15-5-3-4-6-16(15)20/h3-8,11,17H,9-10,12-13H2,1-2H3,(H,21,24). The van der Waals surface area contributed by atoms with Crippen LogP contribution in [0.5, 0.6) is 0 Å². The van der Waals surface area contributed by atoms with Crippen LogP contribution in [0.1, 0.15) is 41.4 Å². The molecular weight excluding hydrogens is 314 g/mol. The Balaban J connectivity index is 1.63. The van der Waals surface area contributed by atoms with Crippen LogP contribution in [0.2, 0.25) is 0 Å². The van der Waals surface area contributed by atoms with Crippen molar-refractivity contribution in [3.05, 3.63) is 69.6 Å². The zero-order valence-corrected chi connectivity index (χ0v) is 14.7. The number of hydrogen-bond donors (Lipinski definition) is 1. The molecule has 1 aromatic carbocycles. The maximum Gasteiger partial charge on any atom is 0.255 e. The zero-order valence-electron chi connectivity index (χ0n) is 14.7. The highest BCUT2D eigenvalue weighted by molar-refractivity contribution is 5.94. The van der Waals surface area contributed by atoms with Crippen molar-refractivity contribution in [2.45, 2.75) is 25.3 Å². The Morgan fingerprint density at radius 1 is 1.16 bits per heavy atom. The van der Waals surface area contributed by atoms with Gasteiger partial charge in [0.25, 0.3) is 5.91 Å². The number of hydrogen-bond acceptors (Lipinski definition) is 3. The molecule has 2 aliphatic heterocycles. The van der Waals surface area contributed by atoms with E-state index in [9.17, 15) is 9.59 Å². The predicted octanol–water partition coefficient (Wildman–Crippen LogP) is 2.17. The van der Waals surface area contributed by atoms with Crippen LogP contribution in [0.15, 0.2) is 47.4 Å². The highest BCUT2D eigenvalue weighted by atomic mass is 16.2. The third-order valence-corrected chi connectivity index (χ3v) is 5.46. The molecule has 4 rings (SSSR count). The molecule has 25 heavy (non-hydrogen) atoms. The molecule has 3 heterocycles. The molecule has 130 valence electrons. The molecule has 0 radical (unpaired) electrons. The van der Waals surface area contributed by atoms with E-state index in [2.05, 4.69) is 48.0 Å². The first-order chi connectivity index (χ1) is 12.0. The number of fused-ring (bicyclic) bond motifs is 3. The Hall–Kier alpha value is -2.40. The molecule has 1 saturated heterocycles. The fraction of sp³-hybridized carbons (Fsp3) is 0.400. The molecule has 1 unspecified atom stereocenters. The van der Waals surface area contributed by atoms with E-state index in [1.807, 2.05) is 4.90 Å². The number of rotatable bonds is 1. The highest BCUT2D eigenvalue weighted by Crippen LogP contribution is 2.41. The maximum absolute atomic E-state index is 12.8. The summed E-state index contributed by atoms with van der Waals surface area (Å²) < 4.78 is 0. The average molecular weight is 337 g/mol. The number of H-pyrrole nitrogens is 1. The summed E-state index contributed by atoms with van der Waals surface area (Å²) in [6, 6.07) is 11.8. The molecule has 1 amide bonds. The summed E-state index contributed by atoms with van der Waals surface area (Å²) >= 11 is 0. The van der Waals surface area contributed by atoms with Crippen LogP contribution in [0, 0.1) is 0 Å². The fourth-order valence-electron chi connectivity index (χ4n) is 4.21. The number of benzene rings is 1. The van der Waals surface area contributed by atoms with Crippen molar-refractivity contribution in [2.24, 2.45) is 0 Å². The van der Waals surface area contributed by atoms with Gasteiger partial charge in [-0.2, -0.15) is 0 Å². The van der Waals surface area contributed by atoms with Crippen molar-refractivity contribution in [2.75, 3.05) is 26.2 Å². The van der Waals surface area contributed by atoms with Gasteiger partial charge < -0.3 is 9.88 Å². The summed E-state index contributed by atoms with van der Waals surface area (Å²) in [6.07, 6.45) is 1.51. The van der Waals surface area contributed by atoms with E-state index in [0.717, 1.165) is 13.1 Å². The molecule has 2 aliphatic rings. The molecule has 1 aromatic heterocycles. The quantitative estimate of drug-likeness (QED) is 0.868. The number of carbonyl (C=O) groups excluding carboxylic acids is 1. The summed E-state index contributed by atoms with van der Waals surface area (Å²) in [6.45, 7) is 7.87. The summed E-state index contributed by atoms with van der Waals surface area (Å²) in [5, 5.41) is 0. The summed E-state index contributed by atoms with van der Waals surface area (Å²) in [7, 11) is 0. The van der Waals surface area contributed by atoms with Gasteiger partial charge in [-0.25, -0.2) is 0 Å². The molecule has 0 saturated carbocycles. The van der Waals surface area contributed by atoms with Crippen LogP contribution in [0.4, 0.5) is 0 Å². The Kier molecular flexibility index (Phi) is 3.76. The van der Waals surface area contributed by atoms with Crippen molar-refractivity contribution in [3.8, 4) is 0 Å². The van der Waals surface area contributed by atoms with Gasteiger partial charge in [0.1, 0.15) is 0 Å². The predicted molar refractivity (Wildman–Crippen MR) is 96.7 cm³/mol. The minimum Gasteiger partial charge on any atom is -0.335 e. The number of pyridine rings is 1. The Bertz CT molecular complexity index is 851. The van der Waals surface area contributed by atoms with Gasteiger partial charge in [0.15, 0.2) is 0 Å². The second-order valence-corrected chi connectivity index (χ2v) is 7.65. The van der Waals surface area contributed by atoms with E-state index in [-0.39, 0.29) is 22.9 Å².